The predicted molar refractivity (Wildman–Crippen MR) is 89.7 cm³/mol. The van der Waals surface area contributed by atoms with Gasteiger partial charge >= 0.3 is 16.8 Å². The van der Waals surface area contributed by atoms with Gasteiger partial charge in [-0.15, -0.1) is 0 Å². The molecule has 10 heteroatoms. The molecule has 2 aromatic carbocycles. The zero-order valence-corrected chi connectivity index (χ0v) is 14.3. The number of rotatable bonds is 5. The van der Waals surface area contributed by atoms with Crippen LogP contribution in [0, 0.1) is 0 Å². The van der Waals surface area contributed by atoms with E-state index in [2.05, 4.69) is 4.74 Å². The Morgan fingerprint density at radius 2 is 1.08 bits per heavy atom. The number of aromatic hydroxyl groups is 2. The van der Waals surface area contributed by atoms with Crippen molar-refractivity contribution in [2.75, 3.05) is 0 Å². The van der Waals surface area contributed by atoms with E-state index in [1.165, 1.54) is 48.5 Å². The molecule has 0 radical (unpaired) electrons. The van der Waals surface area contributed by atoms with Gasteiger partial charge in [0.25, 0.3) is 0 Å². The molecule has 0 saturated heterocycles. The monoisotopic (exact) mass is 402 g/mol. The molecule has 4 N–H and O–H groups in total. The maximum atomic E-state index is 11.4. The molecule has 26 heavy (non-hydrogen) atoms. The minimum absolute atomic E-state index is 0.0327. The normalized spacial score (nSPS) is 11.6. The highest BCUT2D eigenvalue weighted by Gasteiger charge is 2.59. The summed E-state index contributed by atoms with van der Waals surface area (Å²) in [6.45, 7) is 0. The number of hydrogen-bond acceptors (Lipinski definition) is 6. The topological polar surface area (TPSA) is 134 Å². The number of alkyl halides is 2. The Morgan fingerprint density at radius 1 is 0.731 bits per heavy atom. The summed E-state index contributed by atoms with van der Waals surface area (Å²) in [7, 11) is 0. The van der Waals surface area contributed by atoms with Crippen molar-refractivity contribution >= 4 is 35.5 Å². The third-order valence-corrected chi connectivity index (χ3v) is 4.10. The van der Waals surface area contributed by atoms with Gasteiger partial charge in [0.2, 0.25) is 5.60 Å². The standard InChI is InChI=1S/C16H12Cl2O8/c17-16(18,26-14(23)24)15(25-13(21)22,9-1-5-11(19)6-2-9)10-3-7-12(20)8-4-10/h1-8,19-20H,(H,21,22)(H,23,24). The molecule has 0 aliphatic heterocycles. The maximum Gasteiger partial charge on any atom is 0.508 e. The number of benzene rings is 2. The molecule has 0 aliphatic carbocycles. The summed E-state index contributed by atoms with van der Waals surface area (Å²) >= 11 is 12.2. The Kier molecular flexibility index (Phi) is 5.38. The van der Waals surface area contributed by atoms with E-state index in [1.807, 2.05) is 0 Å². The minimum Gasteiger partial charge on any atom is -0.508 e. The summed E-state index contributed by atoms with van der Waals surface area (Å²) in [5.74, 6) is -0.310. The smallest absolute Gasteiger partial charge is 0.508 e. The van der Waals surface area contributed by atoms with Crippen molar-refractivity contribution in [3.63, 3.8) is 0 Å². The number of carboxylic acid groups (broad SMARTS) is 2. The van der Waals surface area contributed by atoms with Crippen LogP contribution in [0.4, 0.5) is 9.59 Å². The fraction of sp³-hybridized carbons (Fsp3) is 0.125. The number of carbonyl (C=O) groups is 2. The second kappa shape index (κ2) is 7.19. The van der Waals surface area contributed by atoms with Crippen LogP contribution in [0.2, 0.25) is 0 Å². The number of phenols is 2. The second-order valence-corrected chi connectivity index (χ2v) is 6.29. The highest BCUT2D eigenvalue weighted by molar-refractivity contribution is 6.48. The zero-order valence-electron chi connectivity index (χ0n) is 12.8. The number of ether oxygens (including phenoxy) is 2. The molecule has 0 fully saturated rings. The minimum atomic E-state index is -2.76. The SMILES string of the molecule is O=C(O)OC(Cl)(Cl)C(OC(=O)O)(c1ccc(O)cc1)c1ccc(O)cc1. The van der Waals surface area contributed by atoms with Crippen LogP contribution in [0.15, 0.2) is 48.5 Å². The molecule has 0 amide bonds. The molecule has 0 unspecified atom stereocenters. The van der Waals surface area contributed by atoms with Crippen molar-refractivity contribution in [3.05, 3.63) is 59.7 Å². The van der Waals surface area contributed by atoms with Crippen LogP contribution in [-0.4, -0.2) is 37.3 Å². The van der Waals surface area contributed by atoms with E-state index >= 15 is 0 Å². The molecule has 2 aromatic rings. The van der Waals surface area contributed by atoms with Gasteiger partial charge in [-0.05, 0) is 24.3 Å². The van der Waals surface area contributed by atoms with Gasteiger partial charge in [-0.25, -0.2) is 9.59 Å². The highest BCUT2D eigenvalue weighted by Crippen LogP contribution is 2.50. The molecule has 2 rings (SSSR count). The molecule has 0 aliphatic rings. The lowest BCUT2D eigenvalue weighted by Crippen LogP contribution is -2.50. The maximum absolute atomic E-state index is 11.4. The summed E-state index contributed by atoms with van der Waals surface area (Å²) in [5, 5.41) is 37.1. The molecular formula is C16H12Cl2O8. The first-order valence-corrected chi connectivity index (χ1v) is 7.65. The largest absolute Gasteiger partial charge is 0.508 e. The van der Waals surface area contributed by atoms with Crippen molar-refractivity contribution in [1.82, 2.24) is 0 Å². The van der Waals surface area contributed by atoms with E-state index in [0.717, 1.165) is 0 Å². The first-order valence-electron chi connectivity index (χ1n) is 6.89. The van der Waals surface area contributed by atoms with Crippen molar-refractivity contribution in [2.45, 2.75) is 10.1 Å². The third-order valence-electron chi connectivity index (χ3n) is 3.41. The van der Waals surface area contributed by atoms with E-state index in [-0.39, 0.29) is 22.6 Å². The molecule has 0 heterocycles. The van der Waals surface area contributed by atoms with Crippen LogP contribution in [-0.2, 0) is 15.1 Å². The molecular weight excluding hydrogens is 391 g/mol. The fourth-order valence-electron chi connectivity index (χ4n) is 2.38. The van der Waals surface area contributed by atoms with Gasteiger partial charge in [0.15, 0.2) is 0 Å². The Hall–Kier alpha value is -2.84. The van der Waals surface area contributed by atoms with Crippen LogP contribution < -0.4 is 0 Å². The van der Waals surface area contributed by atoms with Crippen molar-refractivity contribution in [2.24, 2.45) is 0 Å². The average Bonchev–Trinajstić information content (AvgIpc) is 2.52. The first kappa shape index (κ1) is 19.5. The predicted octanol–water partition coefficient (Wildman–Crippen LogP) is 3.86. The average molecular weight is 403 g/mol. The Bertz CT molecular complexity index is 757. The van der Waals surface area contributed by atoms with E-state index in [9.17, 15) is 24.9 Å². The molecule has 8 nitrogen and oxygen atoms in total. The molecule has 0 aromatic heterocycles. The number of halogens is 2. The molecule has 0 spiro atoms. The van der Waals surface area contributed by atoms with Crippen LogP contribution in [0.5, 0.6) is 11.5 Å². The zero-order chi connectivity index (χ0) is 19.5. The highest BCUT2D eigenvalue weighted by atomic mass is 35.5. The summed E-state index contributed by atoms with van der Waals surface area (Å²) in [5.41, 5.74) is -2.44. The van der Waals surface area contributed by atoms with Crippen LogP contribution in [0.25, 0.3) is 0 Å². The molecule has 0 bridgehead atoms. The van der Waals surface area contributed by atoms with E-state index < -0.39 is 22.4 Å². The van der Waals surface area contributed by atoms with Gasteiger partial charge in [0.05, 0.1) is 0 Å². The van der Waals surface area contributed by atoms with Crippen molar-refractivity contribution < 1.29 is 39.5 Å². The van der Waals surface area contributed by atoms with Crippen LogP contribution >= 0.6 is 23.2 Å². The van der Waals surface area contributed by atoms with Gasteiger partial charge in [0.1, 0.15) is 11.5 Å². The number of phenolic OH excluding ortho intramolecular Hbond substituents is 2. The van der Waals surface area contributed by atoms with Crippen molar-refractivity contribution in [3.8, 4) is 11.5 Å². The van der Waals surface area contributed by atoms with E-state index in [4.69, 9.17) is 33.0 Å². The van der Waals surface area contributed by atoms with E-state index in [0.29, 0.717) is 0 Å². The third kappa shape index (κ3) is 3.71. The van der Waals surface area contributed by atoms with Gasteiger partial charge in [0, 0.05) is 11.1 Å². The Morgan fingerprint density at radius 3 is 1.38 bits per heavy atom. The van der Waals surface area contributed by atoms with Gasteiger partial charge in [-0.3, -0.25) is 0 Å². The fourth-order valence-corrected chi connectivity index (χ4v) is 3.03. The summed E-state index contributed by atoms with van der Waals surface area (Å²) in [4.78, 5) is 22.4. The first-order chi connectivity index (χ1) is 12.1. The number of hydrogen-bond donors (Lipinski definition) is 4. The van der Waals surface area contributed by atoms with Gasteiger partial charge in [-0.1, -0.05) is 47.5 Å². The lowest BCUT2D eigenvalue weighted by atomic mass is 9.86. The second-order valence-electron chi connectivity index (χ2n) is 5.03. The molecule has 138 valence electrons. The van der Waals surface area contributed by atoms with Crippen molar-refractivity contribution in [1.29, 1.82) is 0 Å². The summed E-state index contributed by atoms with van der Waals surface area (Å²) < 4.78 is 6.71. The molecule has 0 saturated carbocycles. The lowest BCUT2D eigenvalue weighted by Gasteiger charge is -2.40. The summed E-state index contributed by atoms with van der Waals surface area (Å²) in [6.07, 6.45) is -3.71. The van der Waals surface area contributed by atoms with Gasteiger partial charge in [-0.2, -0.15) is 0 Å². The van der Waals surface area contributed by atoms with Crippen LogP contribution in [0.3, 0.4) is 0 Å². The van der Waals surface area contributed by atoms with E-state index in [1.54, 1.807) is 0 Å². The van der Waals surface area contributed by atoms with Gasteiger partial charge < -0.3 is 29.9 Å². The molecule has 0 atom stereocenters. The summed E-state index contributed by atoms with van der Waals surface area (Å²) in [6, 6.07) is 9.71. The Balaban J connectivity index is 2.82. The lowest BCUT2D eigenvalue weighted by molar-refractivity contribution is -0.0767. The van der Waals surface area contributed by atoms with Crippen LogP contribution in [0.1, 0.15) is 11.1 Å². The quantitative estimate of drug-likeness (QED) is 0.437. The Labute approximate surface area is 156 Å².